The van der Waals surface area contributed by atoms with Crippen LogP contribution in [0, 0.1) is 47.3 Å². The van der Waals surface area contributed by atoms with Crippen molar-refractivity contribution in [1.29, 1.82) is 0 Å². The Morgan fingerprint density at radius 2 is 1.39 bits per heavy atom. The summed E-state index contributed by atoms with van der Waals surface area (Å²) in [5.74, 6) is 6.63. The summed E-state index contributed by atoms with van der Waals surface area (Å²) in [5.41, 5.74) is 3.52. The van der Waals surface area contributed by atoms with Gasteiger partial charge in [0.25, 0.3) is 0 Å². The highest BCUT2D eigenvalue weighted by Gasteiger charge is 2.49. The molecule has 0 radical (unpaired) electrons. The molecule has 0 aromatic carbocycles. The predicted octanol–water partition coefficient (Wildman–Crippen LogP) is 7.60. The molecule has 0 amide bonds. The van der Waals surface area contributed by atoms with Gasteiger partial charge in [-0.1, -0.05) is 86.3 Å². The number of allylic oxidation sites excluding steroid dienone is 2. The maximum absolute atomic E-state index is 2.49. The molecular formula is C23H44. The molecule has 23 heavy (non-hydrogen) atoms. The third kappa shape index (κ3) is 5.10. The average molecular weight is 321 g/mol. The molecule has 0 heteroatoms. The minimum atomic E-state index is 0.682. The van der Waals surface area contributed by atoms with Crippen molar-refractivity contribution in [3.63, 3.8) is 0 Å². The van der Waals surface area contributed by atoms with E-state index in [0.717, 1.165) is 41.4 Å². The zero-order valence-corrected chi connectivity index (χ0v) is 17.7. The van der Waals surface area contributed by atoms with Gasteiger partial charge in [0.2, 0.25) is 0 Å². The van der Waals surface area contributed by atoms with Crippen molar-refractivity contribution < 1.29 is 0 Å². The van der Waals surface area contributed by atoms with Crippen molar-refractivity contribution in [1.82, 2.24) is 0 Å². The van der Waals surface area contributed by atoms with Gasteiger partial charge in [-0.15, -0.1) is 0 Å². The Hall–Kier alpha value is -0.260. The van der Waals surface area contributed by atoms with E-state index in [1.165, 1.54) is 19.3 Å². The quantitative estimate of drug-likeness (QED) is 0.384. The molecule has 0 aliphatic heterocycles. The summed E-state index contributed by atoms with van der Waals surface area (Å²) in [5, 5.41) is 0. The van der Waals surface area contributed by atoms with Gasteiger partial charge >= 0.3 is 0 Å². The molecule has 0 saturated heterocycles. The fourth-order valence-electron chi connectivity index (χ4n) is 4.34. The van der Waals surface area contributed by atoms with E-state index in [1.54, 1.807) is 5.57 Å². The molecule has 1 aliphatic rings. The topological polar surface area (TPSA) is 0 Å². The summed E-state index contributed by atoms with van der Waals surface area (Å²) in [4.78, 5) is 0. The lowest BCUT2D eigenvalue weighted by Gasteiger charge is -2.32. The molecule has 1 fully saturated rings. The zero-order valence-electron chi connectivity index (χ0n) is 17.7. The zero-order chi connectivity index (χ0) is 17.9. The lowest BCUT2D eigenvalue weighted by molar-refractivity contribution is 0.336. The smallest absolute Gasteiger partial charge is 0.0164 e. The van der Waals surface area contributed by atoms with Crippen LogP contribution in [0.2, 0.25) is 0 Å². The van der Waals surface area contributed by atoms with Gasteiger partial charge < -0.3 is 0 Å². The highest BCUT2D eigenvalue weighted by Crippen LogP contribution is 2.56. The van der Waals surface area contributed by atoms with Gasteiger partial charge in [0.1, 0.15) is 0 Å². The van der Waals surface area contributed by atoms with Gasteiger partial charge in [-0.3, -0.25) is 0 Å². The van der Waals surface area contributed by atoms with E-state index in [2.05, 4.69) is 69.2 Å². The van der Waals surface area contributed by atoms with Gasteiger partial charge in [0.05, 0.1) is 0 Å². The highest BCUT2D eigenvalue weighted by molar-refractivity contribution is 5.23. The Labute approximate surface area is 147 Å². The van der Waals surface area contributed by atoms with E-state index in [0.29, 0.717) is 5.92 Å². The van der Waals surface area contributed by atoms with E-state index in [1.807, 2.05) is 5.57 Å². The molecule has 0 nitrogen and oxygen atoms in total. The number of hydrogen-bond donors (Lipinski definition) is 0. The van der Waals surface area contributed by atoms with E-state index >= 15 is 0 Å². The van der Waals surface area contributed by atoms with Crippen LogP contribution in [0.5, 0.6) is 0 Å². The van der Waals surface area contributed by atoms with Crippen molar-refractivity contribution >= 4 is 0 Å². The normalized spacial score (nSPS) is 29.5. The SMILES string of the molecule is CCC(C)CCC(C(=C(C)C(C)C)C(C)C(C)C)C1C(C)C1C. The lowest BCUT2D eigenvalue weighted by Crippen LogP contribution is -2.22. The molecule has 5 unspecified atom stereocenters. The monoisotopic (exact) mass is 320 g/mol. The Morgan fingerprint density at radius 1 is 0.870 bits per heavy atom. The molecule has 0 N–H and O–H groups in total. The van der Waals surface area contributed by atoms with Crippen LogP contribution in [-0.4, -0.2) is 0 Å². The van der Waals surface area contributed by atoms with Crippen LogP contribution >= 0.6 is 0 Å². The molecule has 0 heterocycles. The summed E-state index contributed by atoms with van der Waals surface area (Å²) >= 11 is 0. The van der Waals surface area contributed by atoms with Gasteiger partial charge in [-0.2, -0.15) is 0 Å². The molecule has 1 aliphatic carbocycles. The maximum Gasteiger partial charge on any atom is -0.0164 e. The Balaban J connectivity index is 3.14. The number of rotatable bonds is 9. The minimum absolute atomic E-state index is 0.682. The van der Waals surface area contributed by atoms with Gasteiger partial charge in [0.15, 0.2) is 0 Å². The molecule has 1 rings (SSSR count). The van der Waals surface area contributed by atoms with Crippen LogP contribution in [0.1, 0.15) is 88.5 Å². The van der Waals surface area contributed by atoms with Crippen molar-refractivity contribution in [2.75, 3.05) is 0 Å². The summed E-state index contributed by atoms with van der Waals surface area (Å²) in [6.45, 7) is 24.2. The first kappa shape index (κ1) is 20.8. The largest absolute Gasteiger partial charge is 0.0710 e. The Kier molecular flexibility index (Phi) is 7.88. The summed E-state index contributed by atoms with van der Waals surface area (Å²) in [7, 11) is 0. The molecule has 0 aromatic rings. The van der Waals surface area contributed by atoms with Crippen LogP contribution in [-0.2, 0) is 0 Å². The summed E-state index contributed by atoms with van der Waals surface area (Å²) in [6.07, 6.45) is 4.13. The first-order chi connectivity index (χ1) is 10.6. The summed E-state index contributed by atoms with van der Waals surface area (Å²) in [6, 6.07) is 0. The van der Waals surface area contributed by atoms with Gasteiger partial charge in [-0.25, -0.2) is 0 Å². The second kappa shape index (κ2) is 8.72. The third-order valence-electron chi connectivity index (χ3n) is 7.25. The molecule has 0 aromatic heterocycles. The van der Waals surface area contributed by atoms with Crippen molar-refractivity contribution in [2.24, 2.45) is 47.3 Å². The van der Waals surface area contributed by atoms with E-state index < -0.39 is 0 Å². The van der Waals surface area contributed by atoms with E-state index in [9.17, 15) is 0 Å². The third-order valence-corrected chi connectivity index (χ3v) is 7.25. The van der Waals surface area contributed by atoms with E-state index in [-0.39, 0.29) is 0 Å². The van der Waals surface area contributed by atoms with Crippen molar-refractivity contribution in [2.45, 2.75) is 88.5 Å². The van der Waals surface area contributed by atoms with Gasteiger partial charge in [-0.05, 0) is 60.7 Å². The van der Waals surface area contributed by atoms with Crippen molar-refractivity contribution in [3.8, 4) is 0 Å². The van der Waals surface area contributed by atoms with E-state index in [4.69, 9.17) is 0 Å². The lowest BCUT2D eigenvalue weighted by atomic mass is 9.73. The molecule has 136 valence electrons. The molecule has 1 saturated carbocycles. The van der Waals surface area contributed by atoms with Crippen molar-refractivity contribution in [3.05, 3.63) is 11.1 Å². The Morgan fingerprint density at radius 3 is 1.74 bits per heavy atom. The van der Waals surface area contributed by atoms with Crippen LogP contribution in [0.3, 0.4) is 0 Å². The summed E-state index contributed by atoms with van der Waals surface area (Å²) < 4.78 is 0. The second-order valence-electron chi connectivity index (χ2n) is 9.32. The Bertz CT molecular complexity index is 379. The fourth-order valence-corrected chi connectivity index (χ4v) is 4.34. The molecule has 0 spiro atoms. The number of hydrogen-bond acceptors (Lipinski definition) is 0. The van der Waals surface area contributed by atoms with Crippen LogP contribution in [0.25, 0.3) is 0 Å². The first-order valence-electron chi connectivity index (χ1n) is 10.3. The molecule has 0 bridgehead atoms. The minimum Gasteiger partial charge on any atom is -0.0710 e. The first-order valence-corrected chi connectivity index (χ1v) is 10.3. The predicted molar refractivity (Wildman–Crippen MR) is 106 cm³/mol. The molecule has 5 atom stereocenters. The van der Waals surface area contributed by atoms with Crippen LogP contribution < -0.4 is 0 Å². The standard InChI is InChI=1S/C23H44/c1-11-16(6)12-13-21(23-19(9)20(23)10)22(17(7)14(2)3)18(8)15(4)5/h14-17,19-21,23H,11-13H2,1-10H3. The maximum atomic E-state index is 2.49. The van der Waals surface area contributed by atoms with Gasteiger partial charge in [0, 0.05) is 0 Å². The second-order valence-corrected chi connectivity index (χ2v) is 9.32. The average Bonchev–Trinajstić information content (AvgIpc) is 3.08. The highest BCUT2D eigenvalue weighted by atomic mass is 14.5. The van der Waals surface area contributed by atoms with Crippen LogP contribution in [0.15, 0.2) is 11.1 Å². The fraction of sp³-hybridized carbons (Fsp3) is 0.913. The molecular weight excluding hydrogens is 276 g/mol. The van der Waals surface area contributed by atoms with Crippen LogP contribution in [0.4, 0.5) is 0 Å².